The summed E-state index contributed by atoms with van der Waals surface area (Å²) in [4.78, 5) is 63.0. The van der Waals surface area contributed by atoms with Crippen molar-refractivity contribution in [1.82, 2.24) is 49.8 Å². The molecule has 0 amide bonds. The topological polar surface area (TPSA) is 277 Å². The van der Waals surface area contributed by atoms with E-state index in [0.29, 0.717) is 5.69 Å². The molecule has 23 heteroatoms. The summed E-state index contributed by atoms with van der Waals surface area (Å²) in [5.41, 5.74) is 28.3. The van der Waals surface area contributed by atoms with Gasteiger partial charge in [0.2, 0.25) is 17.0 Å². The Kier molecular flexibility index (Phi) is 31.0. The summed E-state index contributed by atoms with van der Waals surface area (Å²) in [6.45, 7) is 23.1. The molecule has 0 bridgehead atoms. The number of aromatic nitrogens is 10. The van der Waals surface area contributed by atoms with E-state index in [-0.39, 0.29) is 104 Å². The fraction of sp³-hybridized carbons (Fsp3) is 0.0826. The molecule has 0 unspecified atom stereocenters. The predicted octanol–water partition coefficient (Wildman–Crippen LogP) is 29.1. The second kappa shape index (κ2) is 45.5. The van der Waals surface area contributed by atoms with Crippen molar-refractivity contribution in [3.05, 3.63) is 479 Å². The van der Waals surface area contributed by atoms with Crippen LogP contribution in [0, 0.1) is 110 Å². The third-order valence-electron chi connectivity index (χ3n) is 24.4. The molecule has 1 N–H and O–H groups in total. The number of nitriles is 4. The summed E-state index contributed by atoms with van der Waals surface area (Å²) in [6, 6.07) is 125. The third-order valence-corrected chi connectivity index (χ3v) is 24.4. The Morgan fingerprint density at radius 3 is 0.972 bits per heavy atom. The number of benzene rings is 13. The average Bonchev–Trinajstić information content (AvgIpc) is 1.08. The van der Waals surface area contributed by atoms with Crippen LogP contribution in [-0.2, 0) is 25.5 Å². The molecule has 7 heterocycles. The maximum Gasteiger partial charge on any atom is 0.294 e. The van der Waals surface area contributed by atoms with Gasteiger partial charge in [0.05, 0.1) is 0 Å². The Bertz CT molecular complexity index is 7490. The van der Waals surface area contributed by atoms with Gasteiger partial charge in [-0.15, -0.1) is 52.4 Å². The maximum absolute atomic E-state index is 13.2. The predicted molar refractivity (Wildman–Crippen MR) is 555 cm³/mol. The number of carboxylic acids is 1. The van der Waals surface area contributed by atoms with Gasteiger partial charge in [-0.25, -0.2) is 19.9 Å². The summed E-state index contributed by atoms with van der Waals surface area (Å²) in [5.74, 6) is -2.82. The van der Waals surface area contributed by atoms with Crippen molar-refractivity contribution in [3.63, 3.8) is 0 Å². The average molecular weight is 2050 g/mol. The number of nitrogens with zero attached hydrogens (tertiary/aromatic N) is 18. The Morgan fingerprint density at radius 1 is 0.368 bits per heavy atom. The summed E-state index contributed by atoms with van der Waals surface area (Å²) < 4.78 is 25.8. The fourth-order valence-corrected chi connectivity index (χ4v) is 17.2. The number of carboxylic acid groups (broad SMARTS) is 1. The first-order valence-electron chi connectivity index (χ1n) is 45.7. The zero-order valence-corrected chi connectivity index (χ0v) is 80.6. The molecule has 0 saturated heterocycles. The van der Waals surface area contributed by atoms with Gasteiger partial charge < -0.3 is 34.4 Å². The number of hydrogen-bond donors (Lipinski definition) is 1. The van der Waals surface area contributed by atoms with Crippen molar-refractivity contribution in [1.29, 1.82) is 21.0 Å². The van der Waals surface area contributed by atoms with Crippen LogP contribution >= 0.6 is 0 Å². The summed E-state index contributed by atoms with van der Waals surface area (Å²) >= 11 is 0. The standard InChI is InChI=1S/C46H46N2.C39H27N3.C18N12.C11H6F2N.C7H5O2.Ir/c1-34-8-20-40(21-9-34)47(41-22-10-35(2)11-23-41)44-28-16-38(17-29-44)46(32-6-5-7-33-46)39-18-30-45(31-19-39)48(42-24-12-36(3)13-25-42)43-26-14-37(4)15-27-43;1-7-28(34-13-4-16-40-25-34)19-31(10-1)37-22-38(32-11-2-8-29(20-32)35-14-5-17-41-26-35)24-39(23-37)33-12-3-9-30(21-33)36-15-6-18-42-27-36;1-23-17-18(24-2)30-16-14-12(26-8(4-20)10(6-22)28-14)11-13(15(16)29-17)27-9(5-21)7(3-19)25-11;12-8-4-5-9(10(13)7-8)11-3-1-2-6-14-11;8-7(9)6-4-2-1-3-5-6;/h8-31H,5-7,32-33H2,1-4H3;1-27H;;1-4,6-7H;1-4H,(H,8,9);/q;;;2*-1;. The van der Waals surface area contributed by atoms with Crippen LogP contribution in [0.4, 0.5) is 54.5 Å². The first-order valence-corrected chi connectivity index (χ1v) is 45.7. The number of pyridine rings is 4. The third kappa shape index (κ3) is 22.4. The van der Waals surface area contributed by atoms with Crippen molar-refractivity contribution in [3.8, 4) is 102 Å². The number of aromatic carboxylic acids is 1. The molecule has 1 aliphatic rings. The van der Waals surface area contributed by atoms with Gasteiger partial charge in [-0.1, -0.05) is 230 Å². The number of halogens is 2. The number of rotatable bonds is 16. The second-order valence-corrected chi connectivity index (χ2v) is 33.8. The van der Waals surface area contributed by atoms with E-state index >= 15 is 0 Å². The Labute approximate surface area is 845 Å². The number of hydrogen-bond acceptors (Lipinski definition) is 17. The molecular weight excluding hydrogens is 1970 g/mol. The van der Waals surface area contributed by atoms with Crippen molar-refractivity contribution in [2.24, 2.45) is 0 Å². The molecule has 1 aliphatic carbocycles. The Balaban J connectivity index is 0.000000141. The molecule has 144 heavy (non-hydrogen) atoms. The first-order chi connectivity index (χ1) is 69.9. The van der Waals surface area contributed by atoms with Gasteiger partial charge in [0.1, 0.15) is 46.3 Å². The van der Waals surface area contributed by atoms with Gasteiger partial charge in [-0.05, 0) is 241 Å². The molecule has 13 aromatic carbocycles. The smallest absolute Gasteiger partial charge is 0.294 e. The number of aryl methyl sites for hydroxylation is 4. The van der Waals surface area contributed by atoms with E-state index in [0.717, 1.165) is 78.9 Å². The van der Waals surface area contributed by atoms with Gasteiger partial charge in [0.25, 0.3) is 11.6 Å². The van der Waals surface area contributed by atoms with Crippen LogP contribution in [0.5, 0.6) is 0 Å². The molecule has 20 nitrogen and oxygen atoms in total. The van der Waals surface area contributed by atoms with E-state index in [1.54, 1.807) is 66.9 Å². The van der Waals surface area contributed by atoms with Gasteiger partial charge >= 0.3 is 0 Å². The minimum Gasteiger partial charge on any atom is -0.521 e. The SMILES string of the molecule is Cc1ccc(N(c2ccc(C)cc2)c2ccc(C3(c4ccc(N(c5ccc(C)cc5)c5ccc(C)cc5)cc4)CCCCC3)cc2)cc1.Fc1c[c-]c(-c2ccccn2)c(F)c1.O=C(O)c1[c-]cccc1.[C-]#[N+]c1nc2c3nc(C#N)c(C#N)nc3c3nc(C#N)c(C#N)nc3c2nc1[N+]#[C-].[Ir].c1cncc(-c2cccc(-c3cc(-c4cccc(-c5cccnc5)c4)cc(-c4cccc(-c5cccnc5)c4)c3)c2)c1. The largest absolute Gasteiger partial charge is 0.521 e. The number of anilines is 6. The molecule has 1 radical (unpaired) electrons. The van der Waals surface area contributed by atoms with Crippen LogP contribution in [0.15, 0.2) is 371 Å². The van der Waals surface area contributed by atoms with E-state index < -0.39 is 17.6 Å². The second-order valence-electron chi connectivity index (χ2n) is 33.8. The first kappa shape index (κ1) is 98.1. The van der Waals surface area contributed by atoms with E-state index in [1.807, 2.05) is 55.4 Å². The van der Waals surface area contributed by atoms with Crippen LogP contribution in [0.2, 0.25) is 0 Å². The van der Waals surface area contributed by atoms with Gasteiger partial charge in [-0.2, -0.15) is 21.0 Å². The Morgan fingerprint density at radius 2 is 0.688 bits per heavy atom. The maximum atomic E-state index is 13.2. The number of carbonyl (C=O) groups is 1. The molecule has 21 rings (SSSR count). The van der Waals surface area contributed by atoms with Crippen molar-refractivity contribution < 1.29 is 38.8 Å². The molecule has 20 aromatic rings. The molecule has 1 saturated carbocycles. The van der Waals surface area contributed by atoms with Crippen molar-refractivity contribution in [2.75, 3.05) is 9.80 Å². The van der Waals surface area contributed by atoms with Crippen molar-refractivity contribution >= 4 is 84.8 Å². The fourth-order valence-electron chi connectivity index (χ4n) is 17.2. The zero-order valence-electron chi connectivity index (χ0n) is 78.2. The summed E-state index contributed by atoms with van der Waals surface area (Å²) in [7, 11) is 0. The summed E-state index contributed by atoms with van der Waals surface area (Å²) in [5, 5.41) is 45.5. The Hall–Kier alpha value is -19.0. The molecule has 1 fully saturated rings. The molecule has 0 spiro atoms. The van der Waals surface area contributed by atoms with Crippen LogP contribution in [0.1, 0.15) is 98.6 Å². The van der Waals surface area contributed by atoms with Crippen LogP contribution in [0.25, 0.3) is 121 Å². The normalized spacial score (nSPS) is 11.4. The molecule has 0 atom stereocenters. The van der Waals surface area contributed by atoms with E-state index in [2.05, 4.69) is 364 Å². The van der Waals surface area contributed by atoms with E-state index in [1.165, 1.54) is 106 Å². The quantitative estimate of drug-likeness (QED) is 0.0695. The van der Waals surface area contributed by atoms with Gasteiger partial charge in [-0.3, -0.25) is 23.7 Å². The minimum absolute atomic E-state index is 0. The van der Waals surface area contributed by atoms with E-state index in [4.69, 9.17) is 18.3 Å². The monoisotopic (exact) mass is 2050 g/mol. The summed E-state index contributed by atoms with van der Waals surface area (Å²) in [6.07, 6.45) is 18.9. The van der Waals surface area contributed by atoms with E-state index in [9.17, 15) is 34.6 Å². The van der Waals surface area contributed by atoms with Crippen LogP contribution in [-0.4, -0.2) is 60.9 Å². The van der Waals surface area contributed by atoms with Gasteiger partial charge in [0.15, 0.2) is 22.8 Å². The van der Waals surface area contributed by atoms with Crippen molar-refractivity contribution in [2.45, 2.75) is 65.2 Å². The molecule has 7 aromatic heterocycles. The molecule has 695 valence electrons. The molecular formula is C121H84F2IrN18O2-2. The number of fused-ring (bicyclic) bond motifs is 6. The van der Waals surface area contributed by atoms with Gasteiger partial charge in [0, 0.05) is 131 Å². The minimum atomic E-state index is -0.935. The zero-order chi connectivity index (χ0) is 99.3. The van der Waals surface area contributed by atoms with Crippen LogP contribution < -0.4 is 9.80 Å². The van der Waals surface area contributed by atoms with Crippen LogP contribution in [0.3, 0.4) is 0 Å². The molecule has 0 aliphatic heterocycles.